The Morgan fingerprint density at radius 1 is 0.804 bits per heavy atom. The van der Waals surface area contributed by atoms with E-state index < -0.39 is 0 Å². The van der Waals surface area contributed by atoms with Crippen LogP contribution in [0.25, 0.3) is 44.4 Å². The minimum absolute atomic E-state index is 0. The molecule has 4 aromatic carbocycles. The average molecular weight is 856 g/mol. The van der Waals surface area contributed by atoms with Crippen LogP contribution in [0.1, 0.15) is 81.9 Å². The van der Waals surface area contributed by atoms with Crippen molar-refractivity contribution in [2.24, 2.45) is 0 Å². The standard InChI is InChI=1S/C44H44N4O2.Pt/c1-7-12-30(4)39-22-29(3)23-40(31(5)13-8-2)44(39)32-27-46-47(28-32)33-14-11-15-35(24-33)50-36-18-19-38-37-16-9-10-17-41(37)48(42(38)25-36)43-26-34(49-6)20-21-45-43;/h9-11,14-23,26-28,30-31H,7-8,12-13H2,1-6H3;/q-2;+2. The fourth-order valence-corrected chi connectivity index (χ4v) is 7.28. The molecule has 0 bridgehead atoms. The van der Waals surface area contributed by atoms with Gasteiger partial charge < -0.3 is 14.0 Å². The Balaban J connectivity index is 0.00000448. The molecule has 7 heteroatoms. The number of pyridine rings is 1. The number of benzene rings is 4. The Bertz CT molecular complexity index is 2250. The van der Waals surface area contributed by atoms with Crippen LogP contribution < -0.4 is 9.47 Å². The second-order valence-corrected chi connectivity index (χ2v) is 13.4. The second kappa shape index (κ2) is 15.7. The van der Waals surface area contributed by atoms with E-state index in [2.05, 4.69) is 98.9 Å². The van der Waals surface area contributed by atoms with Crippen molar-refractivity contribution < 1.29 is 30.5 Å². The van der Waals surface area contributed by atoms with E-state index in [0.717, 1.165) is 70.3 Å². The molecule has 0 aliphatic heterocycles. The van der Waals surface area contributed by atoms with Crippen LogP contribution in [-0.2, 0) is 21.1 Å². The fourth-order valence-electron chi connectivity index (χ4n) is 7.28. The number of para-hydroxylation sites is 1. The molecule has 0 N–H and O–H groups in total. The summed E-state index contributed by atoms with van der Waals surface area (Å²) in [6.45, 7) is 11.5. The maximum Gasteiger partial charge on any atom is 2.00 e. The molecular weight excluding hydrogens is 812 g/mol. The maximum atomic E-state index is 6.43. The van der Waals surface area contributed by atoms with Gasteiger partial charge in [-0.3, -0.25) is 4.68 Å². The van der Waals surface area contributed by atoms with Gasteiger partial charge in [0.25, 0.3) is 0 Å². The van der Waals surface area contributed by atoms with E-state index in [0.29, 0.717) is 23.3 Å². The molecule has 3 heterocycles. The van der Waals surface area contributed by atoms with E-state index in [9.17, 15) is 0 Å². The molecular formula is C44H44N4O2Pt. The van der Waals surface area contributed by atoms with Crippen molar-refractivity contribution in [2.75, 3.05) is 7.11 Å². The smallest absolute Gasteiger partial charge is 0.509 e. The van der Waals surface area contributed by atoms with E-state index in [-0.39, 0.29) is 21.1 Å². The van der Waals surface area contributed by atoms with Crippen molar-refractivity contribution in [3.05, 3.63) is 126 Å². The first-order valence-electron chi connectivity index (χ1n) is 17.7. The number of hydrogen-bond acceptors (Lipinski definition) is 4. The SMILES string of the molecule is CCCC(C)c1cc(C)cc(C(C)CCC)c1-c1cnn(-c2[c-]c(Oc3[c-]c4c(cc3)c3ccccc3n4-c3cc(OC)ccn3)ccc2)c1.[Pt+2]. The van der Waals surface area contributed by atoms with Crippen molar-refractivity contribution in [2.45, 2.75) is 72.1 Å². The number of ether oxygens (including phenoxy) is 2. The van der Waals surface area contributed by atoms with Gasteiger partial charge in [-0.25, -0.2) is 4.98 Å². The topological polar surface area (TPSA) is 54.1 Å². The zero-order valence-electron chi connectivity index (χ0n) is 30.1. The van der Waals surface area contributed by atoms with Crippen molar-refractivity contribution in [3.63, 3.8) is 0 Å². The molecule has 0 spiro atoms. The van der Waals surface area contributed by atoms with Gasteiger partial charge in [-0.15, -0.1) is 35.7 Å². The molecule has 0 radical (unpaired) electrons. The molecule has 0 saturated heterocycles. The summed E-state index contributed by atoms with van der Waals surface area (Å²) in [5.41, 5.74) is 9.34. The molecule has 0 fully saturated rings. The number of methoxy groups -OCH3 is 1. The van der Waals surface area contributed by atoms with Gasteiger partial charge in [-0.2, -0.15) is 17.2 Å². The third kappa shape index (κ3) is 7.25. The molecule has 0 aliphatic carbocycles. The minimum atomic E-state index is 0. The predicted octanol–water partition coefficient (Wildman–Crippen LogP) is 11.5. The number of fused-ring (bicyclic) bond motifs is 3. The molecule has 51 heavy (non-hydrogen) atoms. The summed E-state index contributed by atoms with van der Waals surface area (Å²) in [4.78, 5) is 4.67. The van der Waals surface area contributed by atoms with Crippen LogP contribution >= 0.6 is 0 Å². The van der Waals surface area contributed by atoms with E-state index in [1.807, 2.05) is 53.3 Å². The Hall–Kier alpha value is -4.67. The van der Waals surface area contributed by atoms with Gasteiger partial charge >= 0.3 is 21.1 Å². The number of hydrogen-bond donors (Lipinski definition) is 0. The molecule has 0 aliphatic rings. The third-order valence-electron chi connectivity index (χ3n) is 9.68. The molecule has 2 unspecified atom stereocenters. The van der Waals surface area contributed by atoms with Crippen LogP contribution in [0, 0.1) is 19.1 Å². The van der Waals surface area contributed by atoms with Crippen LogP contribution in [-0.4, -0.2) is 26.4 Å². The third-order valence-corrected chi connectivity index (χ3v) is 9.68. The zero-order valence-corrected chi connectivity index (χ0v) is 32.4. The van der Waals surface area contributed by atoms with Gasteiger partial charge in [-0.1, -0.05) is 81.9 Å². The van der Waals surface area contributed by atoms with Crippen LogP contribution in [0.2, 0.25) is 0 Å². The van der Waals surface area contributed by atoms with Crippen LogP contribution in [0.3, 0.4) is 0 Å². The summed E-state index contributed by atoms with van der Waals surface area (Å²) >= 11 is 0. The number of aromatic nitrogens is 4. The largest absolute Gasteiger partial charge is 2.00 e. The van der Waals surface area contributed by atoms with Crippen molar-refractivity contribution in [3.8, 4) is 39.9 Å². The summed E-state index contributed by atoms with van der Waals surface area (Å²) in [6.07, 6.45) is 10.5. The van der Waals surface area contributed by atoms with Crippen LogP contribution in [0.4, 0.5) is 0 Å². The first kappa shape index (κ1) is 36.1. The van der Waals surface area contributed by atoms with E-state index in [1.54, 1.807) is 13.3 Å². The van der Waals surface area contributed by atoms with E-state index in [1.165, 1.54) is 22.3 Å². The molecule has 0 amide bonds. The fraction of sp³-hybridized carbons (Fsp3) is 0.273. The molecule has 7 aromatic rings. The summed E-state index contributed by atoms with van der Waals surface area (Å²) < 4.78 is 15.9. The van der Waals surface area contributed by atoms with Crippen LogP contribution in [0.5, 0.6) is 17.2 Å². The number of nitrogens with zero attached hydrogens (tertiary/aromatic N) is 4. The van der Waals surface area contributed by atoms with Gasteiger partial charge in [0.05, 0.1) is 13.3 Å². The Labute approximate surface area is 315 Å². The first-order valence-corrected chi connectivity index (χ1v) is 17.7. The van der Waals surface area contributed by atoms with Gasteiger partial charge in [0, 0.05) is 41.0 Å². The van der Waals surface area contributed by atoms with Crippen LogP contribution in [0.15, 0.2) is 97.5 Å². The molecule has 2 atom stereocenters. The van der Waals surface area contributed by atoms with Gasteiger partial charge in [0.1, 0.15) is 11.6 Å². The maximum absolute atomic E-state index is 6.43. The van der Waals surface area contributed by atoms with Crippen molar-refractivity contribution >= 4 is 21.8 Å². The first-order chi connectivity index (χ1) is 24.4. The summed E-state index contributed by atoms with van der Waals surface area (Å²) in [6, 6.07) is 33.8. The van der Waals surface area contributed by atoms with E-state index >= 15 is 0 Å². The number of rotatable bonds is 12. The Kier molecular flexibility index (Phi) is 11.1. The van der Waals surface area contributed by atoms with E-state index in [4.69, 9.17) is 14.6 Å². The Morgan fingerprint density at radius 2 is 1.53 bits per heavy atom. The summed E-state index contributed by atoms with van der Waals surface area (Å²) in [5, 5.41) is 7.03. The molecule has 0 saturated carbocycles. The predicted molar refractivity (Wildman–Crippen MR) is 203 cm³/mol. The monoisotopic (exact) mass is 855 g/mol. The second-order valence-electron chi connectivity index (χ2n) is 13.4. The van der Waals surface area contributed by atoms with Crippen molar-refractivity contribution in [1.29, 1.82) is 0 Å². The normalized spacial score (nSPS) is 12.5. The van der Waals surface area contributed by atoms with Gasteiger partial charge in [-0.05, 0) is 71.5 Å². The molecule has 262 valence electrons. The molecule has 6 nitrogen and oxygen atoms in total. The quantitative estimate of drug-likeness (QED) is 0.115. The zero-order chi connectivity index (χ0) is 34.8. The molecule has 3 aromatic heterocycles. The number of aryl methyl sites for hydroxylation is 1. The summed E-state index contributed by atoms with van der Waals surface area (Å²) in [7, 11) is 1.66. The average Bonchev–Trinajstić information content (AvgIpc) is 3.75. The Morgan fingerprint density at radius 3 is 2.25 bits per heavy atom. The molecule has 7 rings (SSSR count). The minimum Gasteiger partial charge on any atom is -0.509 e. The van der Waals surface area contributed by atoms with Gasteiger partial charge in [0.15, 0.2) is 0 Å². The summed E-state index contributed by atoms with van der Waals surface area (Å²) in [5.74, 6) is 3.58. The van der Waals surface area contributed by atoms with Crippen molar-refractivity contribution in [1.82, 2.24) is 19.3 Å². The van der Waals surface area contributed by atoms with Gasteiger partial charge in [0.2, 0.25) is 0 Å².